The zero-order valence-electron chi connectivity index (χ0n) is 18.8. The topological polar surface area (TPSA) is 122 Å². The second kappa shape index (κ2) is 12.2. The van der Waals surface area contributed by atoms with Gasteiger partial charge in [-0.15, -0.1) is 0 Å². The number of rotatable bonds is 4. The van der Waals surface area contributed by atoms with Crippen molar-refractivity contribution in [3.8, 4) is 5.88 Å². The van der Waals surface area contributed by atoms with Crippen LogP contribution >= 0.6 is 0 Å². The van der Waals surface area contributed by atoms with Gasteiger partial charge in [0.1, 0.15) is 11.9 Å². The summed E-state index contributed by atoms with van der Waals surface area (Å²) in [5, 5.41) is 14.2. The van der Waals surface area contributed by atoms with Crippen molar-refractivity contribution in [1.29, 1.82) is 0 Å². The van der Waals surface area contributed by atoms with Crippen LogP contribution in [0.3, 0.4) is 0 Å². The molecule has 2 N–H and O–H groups in total. The number of pyridine rings is 1. The Balaban J connectivity index is 0.000000286. The summed E-state index contributed by atoms with van der Waals surface area (Å²) in [5.41, 5.74) is -0.192. The molecule has 4 rings (SSSR count). The third kappa shape index (κ3) is 9.53. The molecule has 0 aromatic carbocycles. The summed E-state index contributed by atoms with van der Waals surface area (Å²) in [5.74, 6) is -4.92. The molecule has 206 valence electrons. The van der Waals surface area contributed by atoms with E-state index in [0.717, 1.165) is 38.2 Å². The van der Waals surface area contributed by atoms with Crippen LogP contribution < -0.4 is 4.74 Å². The van der Waals surface area contributed by atoms with Gasteiger partial charge in [0.2, 0.25) is 0 Å². The Morgan fingerprint density at radius 2 is 1.73 bits per heavy atom. The zero-order valence-corrected chi connectivity index (χ0v) is 18.8. The molecule has 37 heavy (non-hydrogen) atoms. The fourth-order valence-electron chi connectivity index (χ4n) is 3.46. The highest BCUT2D eigenvalue weighted by atomic mass is 19.4. The van der Waals surface area contributed by atoms with Gasteiger partial charge in [0.15, 0.2) is 5.82 Å². The summed E-state index contributed by atoms with van der Waals surface area (Å²) in [4.78, 5) is 24.1. The predicted octanol–water partition coefficient (Wildman–Crippen LogP) is 3.89. The van der Waals surface area contributed by atoms with E-state index in [2.05, 4.69) is 9.88 Å². The van der Waals surface area contributed by atoms with Gasteiger partial charge >= 0.3 is 24.3 Å². The molecular formula is C21H21F7N2O7. The summed E-state index contributed by atoms with van der Waals surface area (Å²) < 4.78 is 94.2. The maximum absolute atomic E-state index is 13.6. The third-order valence-electron chi connectivity index (χ3n) is 5.02. The minimum Gasteiger partial charge on any atom is -0.475 e. The van der Waals surface area contributed by atoms with Crippen molar-refractivity contribution in [2.45, 2.75) is 43.4 Å². The van der Waals surface area contributed by atoms with E-state index in [0.29, 0.717) is 6.61 Å². The number of nitrogens with zero attached hydrogens (tertiary/aromatic N) is 2. The molecule has 2 aliphatic rings. The molecule has 2 atom stereocenters. The maximum atomic E-state index is 13.6. The number of ether oxygens (including phenoxy) is 2. The minimum atomic E-state index is -5.08. The van der Waals surface area contributed by atoms with Crippen molar-refractivity contribution in [2.24, 2.45) is 0 Å². The number of hydrogen-bond donors (Lipinski definition) is 2. The van der Waals surface area contributed by atoms with E-state index in [1.165, 1.54) is 12.3 Å². The number of carboxylic acids is 2. The largest absolute Gasteiger partial charge is 0.490 e. The van der Waals surface area contributed by atoms with E-state index in [9.17, 15) is 30.7 Å². The number of likely N-dealkylation sites (tertiary alicyclic amines) is 1. The van der Waals surface area contributed by atoms with Crippen LogP contribution in [0.2, 0.25) is 0 Å². The summed E-state index contributed by atoms with van der Waals surface area (Å²) in [7, 11) is 0. The molecule has 2 saturated heterocycles. The van der Waals surface area contributed by atoms with Gasteiger partial charge < -0.3 is 24.1 Å². The van der Waals surface area contributed by atoms with Gasteiger partial charge in [0, 0.05) is 25.7 Å². The Bertz CT molecular complexity index is 1010. The molecule has 0 saturated carbocycles. The number of carbonyl (C=O) groups is 2. The van der Waals surface area contributed by atoms with Crippen molar-refractivity contribution >= 4 is 11.9 Å². The molecule has 0 radical (unpaired) electrons. The van der Waals surface area contributed by atoms with Crippen LogP contribution in [0, 0.1) is 5.82 Å². The lowest BCUT2D eigenvalue weighted by Gasteiger charge is -2.23. The highest BCUT2D eigenvalue weighted by molar-refractivity contribution is 5.73. The van der Waals surface area contributed by atoms with Crippen LogP contribution in [-0.4, -0.2) is 75.8 Å². The molecule has 0 bridgehead atoms. The van der Waals surface area contributed by atoms with Gasteiger partial charge in [0.25, 0.3) is 5.88 Å². The molecule has 9 nitrogen and oxygen atoms in total. The van der Waals surface area contributed by atoms with Gasteiger partial charge in [-0.25, -0.2) is 19.0 Å². The van der Waals surface area contributed by atoms with Crippen molar-refractivity contribution in [1.82, 2.24) is 9.88 Å². The first-order valence-electron chi connectivity index (χ1n) is 10.4. The van der Waals surface area contributed by atoms with Gasteiger partial charge in [-0.1, -0.05) is 0 Å². The molecule has 0 amide bonds. The van der Waals surface area contributed by atoms with Crippen LogP contribution in [0.25, 0.3) is 0 Å². The Kier molecular flexibility index (Phi) is 9.86. The zero-order chi connectivity index (χ0) is 27.9. The lowest BCUT2D eigenvalue weighted by atomic mass is 9.98. The monoisotopic (exact) mass is 546 g/mol. The van der Waals surface area contributed by atoms with Crippen LogP contribution in [0.5, 0.6) is 5.88 Å². The molecule has 4 heterocycles. The Morgan fingerprint density at radius 3 is 2.24 bits per heavy atom. The third-order valence-corrected chi connectivity index (χ3v) is 5.02. The lowest BCUT2D eigenvalue weighted by Crippen LogP contribution is -2.33. The summed E-state index contributed by atoms with van der Waals surface area (Å²) in [6.07, 6.45) is -5.37. The van der Waals surface area contributed by atoms with Crippen LogP contribution in [-0.2, 0) is 20.9 Å². The molecule has 2 aromatic heterocycles. The number of halogens is 7. The van der Waals surface area contributed by atoms with E-state index in [1.807, 2.05) is 12.1 Å². The number of furan rings is 1. The average Bonchev–Trinajstić information content (AvgIpc) is 3.53. The van der Waals surface area contributed by atoms with Crippen molar-refractivity contribution in [2.75, 3.05) is 19.7 Å². The van der Waals surface area contributed by atoms with Crippen LogP contribution in [0.1, 0.15) is 18.6 Å². The second-order valence-electron chi connectivity index (χ2n) is 7.87. The number of aliphatic carboxylic acids is 2. The van der Waals surface area contributed by atoms with Crippen molar-refractivity contribution < 1.29 is 64.4 Å². The normalized spacial score (nSPS) is 21.5. The molecule has 2 aliphatic heterocycles. The molecular weight excluding hydrogens is 525 g/mol. The Labute approximate surface area is 204 Å². The van der Waals surface area contributed by atoms with E-state index < -0.39 is 30.1 Å². The first-order chi connectivity index (χ1) is 17.1. The number of carboxylic acid groups (broad SMARTS) is 2. The van der Waals surface area contributed by atoms with Crippen molar-refractivity contribution in [3.05, 3.63) is 48.3 Å². The highest BCUT2D eigenvalue weighted by Gasteiger charge is 2.46. The molecule has 0 aliphatic carbocycles. The maximum Gasteiger partial charge on any atom is 0.490 e. The van der Waals surface area contributed by atoms with Crippen molar-refractivity contribution in [3.63, 3.8) is 0 Å². The molecule has 1 spiro atoms. The number of alkyl halides is 6. The van der Waals surface area contributed by atoms with Crippen LogP contribution in [0.4, 0.5) is 30.7 Å². The molecule has 2 fully saturated rings. The quantitative estimate of drug-likeness (QED) is 0.550. The van der Waals surface area contributed by atoms with Gasteiger partial charge in [-0.2, -0.15) is 26.3 Å². The first kappa shape index (κ1) is 29.8. The second-order valence-corrected chi connectivity index (χ2v) is 7.87. The minimum absolute atomic E-state index is 0.0589. The lowest BCUT2D eigenvalue weighted by molar-refractivity contribution is -0.193. The molecule has 0 unspecified atom stereocenters. The summed E-state index contributed by atoms with van der Waals surface area (Å²) in [6, 6.07) is 6.79. The van der Waals surface area contributed by atoms with Gasteiger partial charge in [-0.3, -0.25) is 4.90 Å². The van der Waals surface area contributed by atoms with E-state index in [4.69, 9.17) is 33.7 Å². The van der Waals surface area contributed by atoms with E-state index in [-0.39, 0.29) is 17.6 Å². The van der Waals surface area contributed by atoms with E-state index >= 15 is 0 Å². The Morgan fingerprint density at radius 1 is 1.11 bits per heavy atom. The molecule has 2 aromatic rings. The average molecular weight is 546 g/mol. The molecule has 16 heteroatoms. The summed E-state index contributed by atoms with van der Waals surface area (Å²) in [6.45, 7) is 3.08. The van der Waals surface area contributed by atoms with Gasteiger partial charge in [0.05, 0.1) is 25.0 Å². The number of aromatic nitrogens is 1. The SMILES string of the molecule is Fc1cccnc1O[C@@H]1CO[C@@]2(CCN(Cc3ccco3)C2)C1.O=C(O)C(F)(F)F.O=C(O)C(F)(F)F. The smallest absolute Gasteiger partial charge is 0.475 e. The fourth-order valence-corrected chi connectivity index (χ4v) is 3.46. The van der Waals surface area contributed by atoms with Gasteiger partial charge in [-0.05, 0) is 30.7 Å². The standard InChI is InChI=1S/C17H19FN2O3.2C2HF3O2/c18-15-4-1-6-19-16(15)23-14-9-17(22-11-14)5-7-20(12-17)10-13-3-2-8-21-13;2*3-2(4,5)1(6)7/h1-4,6,8,14H,5,7,9-12H2;2*(H,6,7)/t14-,17-;;/m0../s1. The first-order valence-corrected chi connectivity index (χ1v) is 10.4. The van der Waals surface area contributed by atoms with Crippen LogP contribution in [0.15, 0.2) is 41.1 Å². The number of hydrogen-bond acceptors (Lipinski definition) is 7. The highest BCUT2D eigenvalue weighted by Crippen LogP contribution is 2.37. The predicted molar refractivity (Wildman–Crippen MR) is 108 cm³/mol. The fraction of sp³-hybridized carbons (Fsp3) is 0.476. The summed E-state index contributed by atoms with van der Waals surface area (Å²) >= 11 is 0. The van der Waals surface area contributed by atoms with E-state index in [1.54, 1.807) is 12.3 Å². The Hall–Kier alpha value is -3.40.